The number of carbonyl (C=O) groups is 1. The number of hydrogen-bond donors (Lipinski definition) is 3. The molecule has 2 fully saturated rings. The summed E-state index contributed by atoms with van der Waals surface area (Å²) >= 11 is 0. The van der Waals surface area contributed by atoms with Crippen LogP contribution in [-0.4, -0.2) is 109 Å². The van der Waals surface area contributed by atoms with Crippen molar-refractivity contribution in [2.75, 3.05) is 84.1 Å². The Balaban J connectivity index is 1.21. The van der Waals surface area contributed by atoms with Crippen molar-refractivity contribution < 1.29 is 32.4 Å². The molecular formula is C36H38FN7O8. The van der Waals surface area contributed by atoms with E-state index >= 15 is 4.39 Å². The molecule has 0 spiro atoms. The van der Waals surface area contributed by atoms with Crippen molar-refractivity contribution in [2.45, 2.75) is 12.8 Å². The third kappa shape index (κ3) is 6.61. The summed E-state index contributed by atoms with van der Waals surface area (Å²) in [4.78, 5) is 46.2. The molecule has 272 valence electrons. The summed E-state index contributed by atoms with van der Waals surface area (Å²) in [6.45, 7) is 8.44. The van der Waals surface area contributed by atoms with Gasteiger partial charge in [0.1, 0.15) is 16.8 Å². The molecule has 16 heteroatoms. The van der Waals surface area contributed by atoms with Gasteiger partial charge in [0, 0.05) is 63.7 Å². The van der Waals surface area contributed by atoms with Crippen LogP contribution in [0.5, 0.6) is 0 Å². The van der Waals surface area contributed by atoms with Crippen LogP contribution in [0.25, 0.3) is 49.8 Å². The number of carbonyl (C=O) groups excluding carboxylic acids is 1. The van der Waals surface area contributed by atoms with E-state index in [-0.39, 0.29) is 33.5 Å². The second kappa shape index (κ2) is 14.4. The van der Waals surface area contributed by atoms with Crippen LogP contribution in [0.15, 0.2) is 56.2 Å². The van der Waals surface area contributed by atoms with Crippen LogP contribution in [0.3, 0.4) is 0 Å². The number of non-ortho nitro benzene ring substituents is 1. The van der Waals surface area contributed by atoms with E-state index in [1.165, 1.54) is 18.3 Å². The summed E-state index contributed by atoms with van der Waals surface area (Å²) in [5.74, 6) is -1.26. The summed E-state index contributed by atoms with van der Waals surface area (Å²) < 4.78 is 41.1. The number of pyridine rings is 1. The number of amides is 1. The molecule has 8 rings (SSSR count). The van der Waals surface area contributed by atoms with Gasteiger partial charge in [-0.05, 0) is 38.1 Å². The Morgan fingerprint density at radius 1 is 0.885 bits per heavy atom. The molecule has 0 aliphatic carbocycles. The normalized spacial score (nSPS) is 16.0. The smallest absolute Gasteiger partial charge is 0.273 e. The molecule has 15 nitrogen and oxygen atoms in total. The highest BCUT2D eigenvalue weighted by atomic mass is 19.1. The van der Waals surface area contributed by atoms with Crippen molar-refractivity contribution >= 4 is 67.1 Å². The average Bonchev–Trinajstić information content (AvgIpc) is 3.15. The number of fused-ring (bicyclic) bond motifs is 4. The average molecular weight is 716 g/mol. The monoisotopic (exact) mass is 715 g/mol. The fourth-order valence-electron chi connectivity index (χ4n) is 6.99. The largest absolute Gasteiger partial charge is 0.453 e. The van der Waals surface area contributed by atoms with Gasteiger partial charge in [-0.3, -0.25) is 29.5 Å². The molecule has 0 saturated carbocycles. The van der Waals surface area contributed by atoms with Crippen LogP contribution >= 0.6 is 0 Å². The second-order valence-electron chi connectivity index (χ2n) is 13.1. The minimum atomic E-state index is -0.681. The first-order valence-corrected chi connectivity index (χ1v) is 17.5. The molecule has 1 amide bonds. The van der Waals surface area contributed by atoms with Crippen LogP contribution in [0.4, 0.5) is 15.8 Å². The van der Waals surface area contributed by atoms with E-state index in [9.17, 15) is 19.7 Å². The number of anilines is 1. The van der Waals surface area contributed by atoms with Gasteiger partial charge in [0.15, 0.2) is 28.1 Å². The lowest BCUT2D eigenvalue weighted by Gasteiger charge is -2.26. The molecule has 5 heterocycles. The Hall–Kier alpha value is -5.29. The number of hydrogen-bond acceptors (Lipinski definition) is 11. The first-order chi connectivity index (χ1) is 25.3. The SMILES string of the molecule is O=C(NCCCN1CCOCC1)c1cn2c3cc4oc5cc([N+](=O)[O-])ccc5[nH]c4cc3oc3c(NCCCN4CCOCC4)c(F)cc(c1=O)c32. The number of nitro groups is 1. The van der Waals surface area contributed by atoms with Crippen molar-refractivity contribution in [3.8, 4) is 0 Å². The van der Waals surface area contributed by atoms with E-state index in [4.69, 9.17) is 18.3 Å². The van der Waals surface area contributed by atoms with Crippen LogP contribution in [-0.2, 0) is 9.47 Å². The van der Waals surface area contributed by atoms with E-state index in [0.29, 0.717) is 79.2 Å². The molecule has 3 N–H and O–H groups in total. The molecule has 2 aliphatic heterocycles. The van der Waals surface area contributed by atoms with Crippen molar-refractivity contribution in [3.05, 3.63) is 74.3 Å². The highest BCUT2D eigenvalue weighted by molar-refractivity contribution is 6.06. The first kappa shape index (κ1) is 33.8. The fraction of sp³-hybridized carbons (Fsp3) is 0.389. The van der Waals surface area contributed by atoms with Crippen molar-refractivity contribution in [1.29, 1.82) is 0 Å². The molecule has 3 aromatic heterocycles. The summed E-state index contributed by atoms with van der Waals surface area (Å²) in [5.41, 5.74) is 1.97. The Kier molecular flexibility index (Phi) is 9.36. The molecule has 0 unspecified atom stereocenters. The fourth-order valence-corrected chi connectivity index (χ4v) is 6.99. The van der Waals surface area contributed by atoms with Gasteiger partial charge in [0.25, 0.3) is 11.6 Å². The number of morpholine rings is 2. The van der Waals surface area contributed by atoms with E-state index in [1.54, 1.807) is 22.6 Å². The number of nitrogens with zero attached hydrogens (tertiary/aromatic N) is 4. The Morgan fingerprint density at radius 2 is 1.58 bits per heavy atom. The summed E-state index contributed by atoms with van der Waals surface area (Å²) in [6, 6.07) is 8.75. The van der Waals surface area contributed by atoms with Gasteiger partial charge < -0.3 is 38.3 Å². The lowest BCUT2D eigenvalue weighted by molar-refractivity contribution is -0.384. The molecule has 2 aliphatic rings. The Morgan fingerprint density at radius 3 is 2.29 bits per heavy atom. The van der Waals surface area contributed by atoms with E-state index in [2.05, 4.69) is 25.4 Å². The minimum Gasteiger partial charge on any atom is -0.453 e. The van der Waals surface area contributed by atoms with Gasteiger partial charge in [0.2, 0.25) is 5.43 Å². The predicted octanol–water partition coefficient (Wildman–Crippen LogP) is 4.62. The van der Waals surface area contributed by atoms with E-state index in [1.807, 2.05) is 0 Å². The minimum absolute atomic E-state index is 0.0179. The van der Waals surface area contributed by atoms with Gasteiger partial charge in [-0.15, -0.1) is 0 Å². The lowest BCUT2D eigenvalue weighted by Crippen LogP contribution is -2.38. The number of aromatic nitrogens is 2. The molecule has 0 radical (unpaired) electrons. The van der Waals surface area contributed by atoms with Crippen LogP contribution in [0, 0.1) is 15.9 Å². The van der Waals surface area contributed by atoms with Crippen LogP contribution in [0.1, 0.15) is 23.2 Å². The quantitative estimate of drug-likeness (QED) is 0.0562. The Labute approximate surface area is 295 Å². The van der Waals surface area contributed by atoms with Gasteiger partial charge in [-0.2, -0.15) is 0 Å². The van der Waals surface area contributed by atoms with Gasteiger partial charge in [0.05, 0.1) is 59.4 Å². The molecule has 6 aromatic rings. The number of ether oxygens (including phenoxy) is 2. The van der Waals surface area contributed by atoms with Gasteiger partial charge in [-0.25, -0.2) is 4.39 Å². The molecule has 0 bridgehead atoms. The highest BCUT2D eigenvalue weighted by Crippen LogP contribution is 2.35. The number of halogens is 1. The summed E-state index contributed by atoms with van der Waals surface area (Å²) in [5, 5.41) is 17.5. The maximum Gasteiger partial charge on any atom is 0.273 e. The molecule has 2 saturated heterocycles. The number of aromatic amines is 1. The van der Waals surface area contributed by atoms with Crippen molar-refractivity contribution in [3.63, 3.8) is 0 Å². The molecule has 52 heavy (non-hydrogen) atoms. The van der Waals surface area contributed by atoms with Gasteiger partial charge in [-0.1, -0.05) is 0 Å². The van der Waals surface area contributed by atoms with Crippen LogP contribution < -0.4 is 16.1 Å². The summed E-state index contributed by atoms with van der Waals surface area (Å²) in [7, 11) is 0. The number of nitrogens with one attached hydrogen (secondary N) is 3. The maximum atomic E-state index is 16.0. The zero-order chi connectivity index (χ0) is 35.8. The molecule has 3 aromatic carbocycles. The number of benzene rings is 3. The zero-order valence-electron chi connectivity index (χ0n) is 28.4. The lowest BCUT2D eigenvalue weighted by atomic mass is 10.1. The molecule has 0 atom stereocenters. The van der Waals surface area contributed by atoms with E-state index in [0.717, 1.165) is 51.8 Å². The highest BCUT2D eigenvalue weighted by Gasteiger charge is 2.24. The van der Waals surface area contributed by atoms with Crippen molar-refractivity contribution in [2.24, 2.45) is 0 Å². The van der Waals surface area contributed by atoms with Crippen LogP contribution in [0.2, 0.25) is 0 Å². The van der Waals surface area contributed by atoms with Gasteiger partial charge >= 0.3 is 0 Å². The third-order valence-electron chi connectivity index (χ3n) is 9.74. The maximum absolute atomic E-state index is 16.0. The number of nitro benzene ring substituents is 1. The number of rotatable bonds is 11. The third-order valence-corrected chi connectivity index (χ3v) is 9.74. The standard InChI is InChI=1S/C36H38FN7O8/c37-25-18-23-33-35(32(25)38-5-1-7-41-9-13-49-14-10-41)52-31-19-27-30(51-29-17-22(44(47)48)3-4-26(29)40-27)20-28(31)43(33)21-24(34(23)45)36(46)39-6-2-8-42-11-15-50-16-12-42/h3-4,17-21,38,40H,1-2,5-16H2,(H,39,46). The zero-order valence-corrected chi connectivity index (χ0v) is 28.4. The number of H-pyrrole nitrogens is 1. The summed E-state index contributed by atoms with van der Waals surface area (Å²) in [6.07, 6.45) is 2.87. The second-order valence-corrected chi connectivity index (χ2v) is 13.1. The van der Waals surface area contributed by atoms with E-state index < -0.39 is 22.1 Å². The van der Waals surface area contributed by atoms with Crippen molar-refractivity contribution in [1.82, 2.24) is 24.5 Å². The topological polar surface area (TPSA) is 173 Å². The first-order valence-electron chi connectivity index (χ1n) is 17.5. The predicted molar refractivity (Wildman–Crippen MR) is 193 cm³/mol. The molecular weight excluding hydrogens is 677 g/mol. The Bertz CT molecular complexity index is 2400.